The lowest BCUT2D eigenvalue weighted by Gasteiger charge is -2.44. The lowest BCUT2D eigenvalue weighted by atomic mass is 9.83. The number of ether oxygens (including phenoxy) is 1. The number of nitrogens with zero attached hydrogens (tertiary/aromatic N) is 1. The van der Waals surface area contributed by atoms with Gasteiger partial charge in [-0.15, -0.1) is 0 Å². The van der Waals surface area contributed by atoms with Crippen LogP contribution in [0.1, 0.15) is 30.0 Å². The summed E-state index contributed by atoms with van der Waals surface area (Å²) in [5.41, 5.74) is -1.90. The predicted molar refractivity (Wildman–Crippen MR) is 92.7 cm³/mol. The summed E-state index contributed by atoms with van der Waals surface area (Å²) >= 11 is 0. The minimum atomic E-state index is -4.84. The molecule has 0 aliphatic carbocycles. The van der Waals surface area contributed by atoms with Crippen LogP contribution in [-0.4, -0.2) is 34.4 Å². The minimum absolute atomic E-state index is 0.0319. The summed E-state index contributed by atoms with van der Waals surface area (Å²) in [4.78, 5) is 13.7. The molecular weight excluding hydrogens is 378 g/mol. The molecule has 1 amide bonds. The smallest absolute Gasteiger partial charge is 0.417 e. The van der Waals surface area contributed by atoms with E-state index in [1.165, 1.54) is 12.1 Å². The number of benzene rings is 2. The van der Waals surface area contributed by atoms with E-state index >= 15 is 0 Å². The second-order valence-corrected chi connectivity index (χ2v) is 6.78. The van der Waals surface area contributed by atoms with E-state index in [1.54, 1.807) is 30.3 Å². The Morgan fingerprint density at radius 2 is 1.79 bits per heavy atom. The third-order valence-corrected chi connectivity index (χ3v) is 4.90. The van der Waals surface area contributed by atoms with Crippen LogP contribution in [0.15, 0.2) is 54.6 Å². The molecule has 2 aromatic rings. The molecule has 1 aliphatic rings. The lowest BCUT2D eigenvalue weighted by molar-refractivity contribution is -0.276. The fraction of sp³-hybridized carbons (Fsp3) is 0.350. The zero-order valence-corrected chi connectivity index (χ0v) is 14.8. The van der Waals surface area contributed by atoms with Gasteiger partial charge in [0, 0.05) is 19.4 Å². The first kappa shape index (κ1) is 20.1. The number of halogens is 4. The van der Waals surface area contributed by atoms with Gasteiger partial charge in [-0.1, -0.05) is 42.5 Å². The van der Waals surface area contributed by atoms with Gasteiger partial charge in [-0.2, -0.15) is 13.2 Å². The van der Waals surface area contributed by atoms with E-state index in [9.17, 15) is 27.5 Å². The monoisotopic (exact) mass is 397 g/mol. The number of hydrogen-bond acceptors (Lipinski definition) is 3. The van der Waals surface area contributed by atoms with Crippen molar-refractivity contribution in [1.29, 1.82) is 0 Å². The standard InChI is InChI=1S/C20H19F4NO3/c21-16-8-6-15(7-9-16)17-12-19(27,20(22,23)24)10-11-25(17)18(26)28-13-14-4-2-1-3-5-14/h1-9,17,27H,10-13H2. The quantitative estimate of drug-likeness (QED) is 0.771. The van der Waals surface area contributed by atoms with Gasteiger partial charge in [-0.25, -0.2) is 9.18 Å². The molecule has 2 atom stereocenters. The minimum Gasteiger partial charge on any atom is -0.445 e. The van der Waals surface area contributed by atoms with Gasteiger partial charge in [-0.3, -0.25) is 0 Å². The van der Waals surface area contributed by atoms with Crippen molar-refractivity contribution in [3.63, 3.8) is 0 Å². The summed E-state index contributed by atoms with van der Waals surface area (Å²) in [6, 6.07) is 12.6. The highest BCUT2D eigenvalue weighted by atomic mass is 19.4. The Hall–Kier alpha value is -2.61. The molecule has 1 heterocycles. The van der Waals surface area contributed by atoms with E-state index in [-0.39, 0.29) is 13.2 Å². The molecule has 3 rings (SSSR count). The van der Waals surface area contributed by atoms with Crippen LogP contribution in [-0.2, 0) is 11.3 Å². The molecular formula is C20H19F4NO3. The maximum atomic E-state index is 13.3. The Kier molecular flexibility index (Phi) is 5.60. The Labute approximate surface area is 159 Å². The molecule has 1 N–H and O–H groups in total. The first-order valence-corrected chi connectivity index (χ1v) is 8.71. The van der Waals surface area contributed by atoms with Crippen molar-refractivity contribution in [2.45, 2.75) is 37.3 Å². The van der Waals surface area contributed by atoms with Gasteiger partial charge in [0.05, 0.1) is 6.04 Å². The molecule has 150 valence electrons. The molecule has 0 radical (unpaired) electrons. The van der Waals surface area contributed by atoms with E-state index in [4.69, 9.17) is 4.74 Å². The van der Waals surface area contributed by atoms with Crippen LogP contribution in [0.3, 0.4) is 0 Å². The highest BCUT2D eigenvalue weighted by molar-refractivity contribution is 5.68. The highest BCUT2D eigenvalue weighted by Crippen LogP contribution is 2.45. The van der Waals surface area contributed by atoms with Crippen molar-refractivity contribution < 1.29 is 32.2 Å². The maximum absolute atomic E-state index is 13.3. The molecule has 4 nitrogen and oxygen atoms in total. The average Bonchev–Trinajstić information content (AvgIpc) is 2.66. The number of rotatable bonds is 3. The van der Waals surface area contributed by atoms with Crippen LogP contribution in [0.25, 0.3) is 0 Å². The molecule has 0 spiro atoms. The van der Waals surface area contributed by atoms with Gasteiger partial charge < -0.3 is 14.7 Å². The van der Waals surface area contributed by atoms with Crippen LogP contribution in [0, 0.1) is 5.82 Å². The molecule has 28 heavy (non-hydrogen) atoms. The van der Waals surface area contributed by atoms with Gasteiger partial charge in [0.2, 0.25) is 0 Å². The number of hydrogen-bond donors (Lipinski definition) is 1. The fourth-order valence-electron chi connectivity index (χ4n) is 3.25. The second-order valence-electron chi connectivity index (χ2n) is 6.78. The van der Waals surface area contributed by atoms with E-state index < -0.39 is 42.6 Å². The number of carbonyl (C=O) groups excluding carboxylic acids is 1. The van der Waals surface area contributed by atoms with Crippen molar-refractivity contribution >= 4 is 6.09 Å². The number of piperidine rings is 1. The van der Waals surface area contributed by atoms with E-state index in [0.29, 0.717) is 5.56 Å². The summed E-state index contributed by atoms with van der Waals surface area (Å²) in [6.45, 7) is -0.373. The van der Waals surface area contributed by atoms with Crippen molar-refractivity contribution in [1.82, 2.24) is 4.90 Å². The molecule has 0 saturated carbocycles. The van der Waals surface area contributed by atoms with Crippen molar-refractivity contribution in [2.75, 3.05) is 6.54 Å². The van der Waals surface area contributed by atoms with Gasteiger partial charge in [0.15, 0.2) is 5.60 Å². The lowest BCUT2D eigenvalue weighted by Crippen LogP contribution is -2.55. The summed E-state index contributed by atoms with van der Waals surface area (Å²) < 4.78 is 58.5. The third-order valence-electron chi connectivity index (χ3n) is 4.90. The Balaban J connectivity index is 1.81. The number of carbonyl (C=O) groups is 1. The number of alkyl halides is 3. The summed E-state index contributed by atoms with van der Waals surface area (Å²) in [6.07, 6.45) is -7.04. The van der Waals surface area contributed by atoms with Crippen molar-refractivity contribution in [3.05, 3.63) is 71.5 Å². The fourth-order valence-corrected chi connectivity index (χ4v) is 3.25. The molecule has 8 heteroatoms. The second kappa shape index (κ2) is 7.79. The van der Waals surface area contributed by atoms with Crippen LogP contribution in [0.4, 0.5) is 22.4 Å². The van der Waals surface area contributed by atoms with Crippen molar-refractivity contribution in [2.24, 2.45) is 0 Å². The zero-order valence-electron chi connectivity index (χ0n) is 14.8. The maximum Gasteiger partial charge on any atom is 0.417 e. The SMILES string of the molecule is O=C(OCc1ccccc1)N1CCC(O)(C(F)(F)F)CC1c1ccc(F)cc1. The van der Waals surface area contributed by atoms with Crippen LogP contribution in [0.2, 0.25) is 0 Å². The van der Waals surface area contributed by atoms with Gasteiger partial charge in [-0.05, 0) is 23.3 Å². The van der Waals surface area contributed by atoms with Crippen molar-refractivity contribution in [3.8, 4) is 0 Å². The topological polar surface area (TPSA) is 49.8 Å². The highest BCUT2D eigenvalue weighted by Gasteiger charge is 2.57. The third kappa shape index (κ3) is 4.27. The Bertz CT molecular complexity index is 810. The van der Waals surface area contributed by atoms with Gasteiger partial charge in [0.1, 0.15) is 12.4 Å². The predicted octanol–water partition coefficient (Wildman–Crippen LogP) is 4.59. The molecule has 1 aliphatic heterocycles. The number of amides is 1. The molecule has 0 bridgehead atoms. The summed E-state index contributed by atoms with van der Waals surface area (Å²) in [5, 5.41) is 10.1. The Morgan fingerprint density at radius 1 is 1.14 bits per heavy atom. The molecule has 1 saturated heterocycles. The summed E-state index contributed by atoms with van der Waals surface area (Å²) in [5.74, 6) is -0.552. The van der Waals surface area contributed by atoms with Gasteiger partial charge in [0.25, 0.3) is 0 Å². The van der Waals surface area contributed by atoms with E-state index in [1.807, 2.05) is 0 Å². The Morgan fingerprint density at radius 3 is 2.39 bits per heavy atom. The normalized spacial score (nSPS) is 22.8. The molecule has 0 aromatic heterocycles. The zero-order chi connectivity index (χ0) is 20.4. The average molecular weight is 397 g/mol. The largest absolute Gasteiger partial charge is 0.445 e. The molecule has 2 aromatic carbocycles. The van der Waals surface area contributed by atoms with E-state index in [2.05, 4.69) is 0 Å². The number of aliphatic hydroxyl groups is 1. The van der Waals surface area contributed by atoms with Crippen LogP contribution in [0.5, 0.6) is 0 Å². The van der Waals surface area contributed by atoms with E-state index in [0.717, 1.165) is 22.6 Å². The molecule has 1 fully saturated rings. The number of likely N-dealkylation sites (tertiary alicyclic amines) is 1. The van der Waals surface area contributed by atoms with Crippen LogP contribution >= 0.6 is 0 Å². The molecule has 2 unspecified atom stereocenters. The first-order chi connectivity index (χ1) is 13.2. The van der Waals surface area contributed by atoms with Crippen LogP contribution < -0.4 is 0 Å². The first-order valence-electron chi connectivity index (χ1n) is 8.71. The van der Waals surface area contributed by atoms with Gasteiger partial charge >= 0.3 is 12.3 Å². The summed E-state index contributed by atoms with van der Waals surface area (Å²) in [7, 11) is 0.